The molecule has 0 bridgehead atoms. The zero-order valence-corrected chi connectivity index (χ0v) is 20.2. The Labute approximate surface area is 204 Å². The van der Waals surface area contributed by atoms with Crippen LogP contribution < -0.4 is 19.7 Å². The quantitative estimate of drug-likeness (QED) is 0.394. The molecule has 10 heteroatoms. The zero-order chi connectivity index (χ0) is 25.3. The molecule has 0 aromatic heterocycles. The van der Waals surface area contributed by atoms with Crippen LogP contribution in [0.2, 0.25) is 0 Å². The second-order valence-corrected chi connectivity index (χ2v) is 9.23. The highest BCUT2D eigenvalue weighted by Crippen LogP contribution is 2.27. The summed E-state index contributed by atoms with van der Waals surface area (Å²) in [6, 6.07) is 20.7. The van der Waals surface area contributed by atoms with Gasteiger partial charge in [-0.25, -0.2) is 8.42 Å². The van der Waals surface area contributed by atoms with Crippen molar-refractivity contribution in [3.63, 3.8) is 0 Å². The fourth-order valence-corrected chi connectivity index (χ4v) is 4.71. The summed E-state index contributed by atoms with van der Waals surface area (Å²) in [5.41, 5.74) is 0.764. The molecule has 0 saturated heterocycles. The average Bonchev–Trinajstić information content (AvgIpc) is 2.88. The maximum Gasteiger partial charge on any atom is 0.264 e. The summed E-state index contributed by atoms with van der Waals surface area (Å²) in [6.45, 7) is 0.119. The molecule has 3 aromatic rings. The van der Waals surface area contributed by atoms with E-state index in [-0.39, 0.29) is 27.7 Å². The predicted octanol–water partition coefficient (Wildman–Crippen LogP) is 2.91. The summed E-state index contributed by atoms with van der Waals surface area (Å²) in [4.78, 5) is 25.6. The van der Waals surface area contributed by atoms with Crippen molar-refractivity contribution in [2.75, 3.05) is 43.5 Å². The molecule has 2 amide bonds. The highest BCUT2D eigenvalue weighted by atomic mass is 32.2. The van der Waals surface area contributed by atoms with Crippen LogP contribution in [0.15, 0.2) is 83.8 Å². The lowest BCUT2D eigenvalue weighted by atomic mass is 10.1. The maximum atomic E-state index is 13.5. The van der Waals surface area contributed by atoms with Crippen molar-refractivity contribution in [2.45, 2.75) is 4.90 Å². The van der Waals surface area contributed by atoms with Crippen LogP contribution in [-0.2, 0) is 19.6 Å². The molecule has 0 fully saturated rings. The molecular formula is C25H27N3O6S. The molecule has 0 heterocycles. The average molecular weight is 498 g/mol. The number of nitrogens with one attached hydrogen (secondary N) is 2. The maximum absolute atomic E-state index is 13.5. The second-order valence-electron chi connectivity index (χ2n) is 7.37. The number of rotatable bonds is 11. The van der Waals surface area contributed by atoms with Crippen LogP contribution >= 0.6 is 0 Å². The summed E-state index contributed by atoms with van der Waals surface area (Å²) in [7, 11) is -1.09. The lowest BCUT2D eigenvalue weighted by Crippen LogP contribution is -2.38. The lowest BCUT2D eigenvalue weighted by molar-refractivity contribution is -0.114. The van der Waals surface area contributed by atoms with E-state index in [0.717, 1.165) is 4.31 Å². The third kappa shape index (κ3) is 6.58. The fourth-order valence-electron chi connectivity index (χ4n) is 3.27. The molecule has 184 valence electrons. The number of benzene rings is 3. The van der Waals surface area contributed by atoms with Gasteiger partial charge in [-0.05, 0) is 36.4 Å². The van der Waals surface area contributed by atoms with Gasteiger partial charge >= 0.3 is 0 Å². The number of nitrogens with zero attached hydrogens (tertiary/aromatic N) is 1. The molecule has 9 nitrogen and oxygen atoms in total. The minimum absolute atomic E-state index is 0.0357. The second kappa shape index (κ2) is 12.0. The minimum atomic E-state index is -4.08. The Morgan fingerprint density at radius 2 is 1.63 bits per heavy atom. The van der Waals surface area contributed by atoms with Crippen molar-refractivity contribution in [3.8, 4) is 5.75 Å². The normalized spacial score (nSPS) is 10.9. The largest absolute Gasteiger partial charge is 0.497 e. The topological polar surface area (TPSA) is 114 Å². The Hall–Kier alpha value is -3.89. The smallest absolute Gasteiger partial charge is 0.264 e. The van der Waals surface area contributed by atoms with E-state index in [0.29, 0.717) is 18.9 Å². The van der Waals surface area contributed by atoms with Crippen LogP contribution in [0.25, 0.3) is 0 Å². The van der Waals surface area contributed by atoms with Gasteiger partial charge in [-0.1, -0.05) is 36.4 Å². The molecular weight excluding hydrogens is 470 g/mol. The Balaban J connectivity index is 1.89. The molecule has 0 aliphatic heterocycles. The van der Waals surface area contributed by atoms with Crippen molar-refractivity contribution in [1.82, 2.24) is 5.32 Å². The van der Waals surface area contributed by atoms with Gasteiger partial charge in [-0.3, -0.25) is 13.9 Å². The summed E-state index contributed by atoms with van der Waals surface area (Å²) < 4.78 is 38.1. The molecule has 0 aliphatic rings. The predicted molar refractivity (Wildman–Crippen MR) is 133 cm³/mol. The Morgan fingerprint density at radius 3 is 2.34 bits per heavy atom. The molecule has 0 aliphatic carbocycles. The first-order valence-corrected chi connectivity index (χ1v) is 12.2. The van der Waals surface area contributed by atoms with Crippen molar-refractivity contribution in [3.05, 3.63) is 84.4 Å². The van der Waals surface area contributed by atoms with Crippen LogP contribution in [0.3, 0.4) is 0 Å². The first-order chi connectivity index (χ1) is 16.9. The summed E-state index contributed by atoms with van der Waals surface area (Å²) in [6.07, 6.45) is 0. The Kier molecular flexibility index (Phi) is 8.82. The van der Waals surface area contributed by atoms with Crippen LogP contribution in [0.4, 0.5) is 11.4 Å². The van der Waals surface area contributed by atoms with Crippen molar-refractivity contribution >= 4 is 33.2 Å². The van der Waals surface area contributed by atoms with Gasteiger partial charge in [-0.2, -0.15) is 0 Å². The highest BCUT2D eigenvalue weighted by molar-refractivity contribution is 7.92. The zero-order valence-electron chi connectivity index (χ0n) is 19.4. The van der Waals surface area contributed by atoms with Crippen LogP contribution in [0.5, 0.6) is 5.75 Å². The van der Waals surface area contributed by atoms with Crippen LogP contribution in [-0.4, -0.2) is 54.1 Å². The van der Waals surface area contributed by atoms with Crippen molar-refractivity contribution in [2.24, 2.45) is 0 Å². The number of sulfonamides is 1. The minimum Gasteiger partial charge on any atom is -0.497 e. The van der Waals surface area contributed by atoms with Gasteiger partial charge in [0.15, 0.2) is 0 Å². The number of hydrogen-bond donors (Lipinski definition) is 2. The van der Waals surface area contributed by atoms with Crippen molar-refractivity contribution in [1.29, 1.82) is 0 Å². The standard InChI is InChI=1S/C25H27N3O6S/c1-33-16-15-26-25(30)22-13-6-7-14-23(22)27-24(29)18-28(19-9-8-10-20(17-19)34-2)35(31,32)21-11-4-3-5-12-21/h3-14,17H,15-16,18H2,1-2H3,(H,26,30)(H,27,29). The van der Waals surface area contributed by atoms with E-state index in [1.807, 2.05) is 0 Å². The van der Waals surface area contributed by atoms with E-state index in [1.54, 1.807) is 60.7 Å². The van der Waals surface area contributed by atoms with Gasteiger partial charge in [0, 0.05) is 19.7 Å². The number of para-hydroxylation sites is 1. The highest BCUT2D eigenvalue weighted by Gasteiger charge is 2.28. The van der Waals surface area contributed by atoms with E-state index in [4.69, 9.17) is 9.47 Å². The molecule has 0 saturated carbocycles. The lowest BCUT2D eigenvalue weighted by Gasteiger charge is -2.24. The number of hydrogen-bond acceptors (Lipinski definition) is 6. The summed E-state index contributed by atoms with van der Waals surface area (Å²) in [5, 5.41) is 5.37. The van der Waals surface area contributed by atoms with E-state index in [2.05, 4.69) is 10.6 Å². The first kappa shape index (κ1) is 25.7. The number of ether oxygens (including phenoxy) is 2. The Morgan fingerprint density at radius 1 is 0.914 bits per heavy atom. The molecule has 3 rings (SSSR count). The van der Waals surface area contributed by atoms with Gasteiger partial charge in [0.05, 0.1) is 35.6 Å². The van der Waals surface area contributed by atoms with Crippen molar-refractivity contribution < 1.29 is 27.5 Å². The molecule has 0 spiro atoms. The van der Waals surface area contributed by atoms with Gasteiger partial charge in [0.25, 0.3) is 15.9 Å². The third-order valence-electron chi connectivity index (χ3n) is 5.00. The number of anilines is 2. The number of amides is 2. The van der Waals surface area contributed by atoms with Gasteiger partial charge < -0.3 is 20.1 Å². The SMILES string of the molecule is COCCNC(=O)c1ccccc1NC(=O)CN(c1cccc(OC)c1)S(=O)(=O)c1ccccc1. The molecule has 0 atom stereocenters. The van der Waals surface area contributed by atoms with Gasteiger partial charge in [0.1, 0.15) is 12.3 Å². The molecule has 2 N–H and O–H groups in total. The van der Waals surface area contributed by atoms with Gasteiger partial charge in [0.2, 0.25) is 5.91 Å². The van der Waals surface area contributed by atoms with Crippen LogP contribution in [0.1, 0.15) is 10.4 Å². The molecule has 3 aromatic carbocycles. The van der Waals surface area contributed by atoms with E-state index >= 15 is 0 Å². The number of carbonyl (C=O) groups is 2. The fraction of sp³-hybridized carbons (Fsp3) is 0.200. The molecule has 0 unspecified atom stereocenters. The first-order valence-electron chi connectivity index (χ1n) is 10.7. The van der Waals surface area contributed by atoms with E-state index < -0.39 is 22.5 Å². The van der Waals surface area contributed by atoms with E-state index in [9.17, 15) is 18.0 Å². The Bertz CT molecular complexity index is 1260. The molecule has 35 heavy (non-hydrogen) atoms. The van der Waals surface area contributed by atoms with Crippen LogP contribution in [0, 0.1) is 0 Å². The van der Waals surface area contributed by atoms with Gasteiger partial charge in [-0.15, -0.1) is 0 Å². The molecule has 0 radical (unpaired) electrons. The summed E-state index contributed by atoms with van der Waals surface area (Å²) in [5.74, 6) is -0.571. The van der Waals surface area contributed by atoms with E-state index in [1.165, 1.54) is 32.4 Å². The monoisotopic (exact) mass is 497 g/mol. The third-order valence-corrected chi connectivity index (χ3v) is 6.79. The number of carbonyl (C=O) groups excluding carboxylic acids is 2. The number of methoxy groups -OCH3 is 2. The summed E-state index contributed by atoms with van der Waals surface area (Å²) >= 11 is 0.